The van der Waals surface area contributed by atoms with Crippen LogP contribution in [0.1, 0.15) is 0 Å². The van der Waals surface area contributed by atoms with Crippen LogP contribution in [0.5, 0.6) is 0 Å². The predicted molar refractivity (Wildman–Crippen MR) is 274 cm³/mol. The summed E-state index contributed by atoms with van der Waals surface area (Å²) in [4.78, 5) is 166. The van der Waals surface area contributed by atoms with E-state index in [0.717, 1.165) is 0 Å². The number of aliphatic hydroxyl groups is 14. The third-order valence-electron chi connectivity index (χ3n) is 16.3. The van der Waals surface area contributed by atoms with Crippen molar-refractivity contribution in [3.63, 3.8) is 0 Å². The molecular formula is C42H63Na14O56P7. The van der Waals surface area contributed by atoms with Crippen molar-refractivity contribution in [2.75, 3.05) is 46.2 Å². The zero-order chi connectivity index (χ0) is 78.5. The van der Waals surface area contributed by atoms with Gasteiger partial charge >= 0.3 is 414 Å². The molecule has 21 heterocycles. The molecule has 21 rings (SSSR count). The molecule has 21 fully saturated rings. The van der Waals surface area contributed by atoms with E-state index >= 15 is 0 Å². The van der Waals surface area contributed by atoms with E-state index < -0.39 is 316 Å². The Morgan fingerprint density at radius 3 is 0.328 bits per heavy atom. The fraction of sp³-hybridized carbons (Fsp3) is 1.00. The SMILES string of the molecule is O=P([O-])([O-])OC[C@H]1O[C@@H]2O[C@H]3[C@H](O)[C@@H](O)[C@@H](O[C@H]4[C@H](O)[C@@H](O)[C@@H](O[C@H]5[C@H](O)[C@@H](O)[C@@H](O[C@H]6[C@H](O)[C@@H](O)[C@@H](O[C@H]7[C@H](O)[C@@H](O)[C@@H](O[C@H]8[C@H](O)[C@@H](O)[C@@H](O[C@H]1[C@H](O)[C@H]2O)O[C@@H]8COP(=O)([O-])[O-])O[C@@H]7COP(=O)([O-])[O-])O[C@@H]6COP(=O)([O-])[O-])O[C@@H]5COP(=O)([O-])[O-])O[C@@H]4COP(=O)([O-])[O-])O[C@@H]3COP(=O)([O-])[O-].[Na+].[Na+].[Na+].[Na+].[Na+].[Na+].[Na+].[Na+].[Na+].[Na+].[Na+].[Na+].[Na+].[Na+]. The summed E-state index contributed by atoms with van der Waals surface area (Å²) in [6.45, 7) is -12.1. The molecule has 0 saturated carbocycles. The van der Waals surface area contributed by atoms with Gasteiger partial charge in [0.2, 0.25) is 0 Å². The smallest absolute Gasteiger partial charge is 0.790 e. The molecule has 56 nitrogen and oxygen atoms in total. The first-order valence-electron chi connectivity index (χ1n) is 29.5. The maximum Gasteiger partial charge on any atom is 1.00 e. The zero-order valence-corrected chi connectivity index (χ0v) is 100.0. The molecule has 21 aliphatic heterocycles. The minimum atomic E-state index is -6.26. The van der Waals surface area contributed by atoms with Crippen molar-refractivity contribution in [2.24, 2.45) is 0 Å². The summed E-state index contributed by atoms with van der Waals surface area (Å²) >= 11 is 0. The first-order chi connectivity index (χ1) is 48.2. The van der Waals surface area contributed by atoms with Crippen LogP contribution >= 0.6 is 54.8 Å². The van der Waals surface area contributed by atoms with Gasteiger partial charge in [-0.1, -0.05) is 0 Å². The molecule has 35 atom stereocenters. The van der Waals surface area contributed by atoms with Crippen molar-refractivity contribution < 1.29 is 684 Å². The van der Waals surface area contributed by atoms with Gasteiger partial charge in [0.25, 0.3) is 0 Å². The third kappa shape index (κ3) is 44.2. The van der Waals surface area contributed by atoms with Crippen LogP contribution in [0, 0.1) is 0 Å². The maximum absolute atomic E-state index is 11.9. The van der Waals surface area contributed by atoms with E-state index in [1.54, 1.807) is 0 Å². The second kappa shape index (κ2) is 63.1. The van der Waals surface area contributed by atoms with Crippen molar-refractivity contribution >= 4 is 54.8 Å². The summed E-state index contributed by atoms with van der Waals surface area (Å²) in [7, 11) is -43.8. The largest absolute Gasteiger partial charge is 1.00 e. The van der Waals surface area contributed by atoms with E-state index in [1.807, 2.05) is 0 Å². The minimum absolute atomic E-state index is 0. The van der Waals surface area contributed by atoms with E-state index in [4.69, 9.17) is 66.3 Å². The topological polar surface area (TPSA) is 919 Å². The number of phosphoric ester groups is 7. The molecular weight excluding hydrogens is 1940 g/mol. The number of phosphoric acid groups is 7. The molecule has 0 unspecified atom stereocenters. The summed E-state index contributed by atoms with van der Waals surface area (Å²) in [6, 6.07) is 0. The molecule has 0 aromatic heterocycles. The molecule has 0 radical (unpaired) electrons. The maximum atomic E-state index is 11.9. The Morgan fingerprint density at radius 1 is 0.168 bits per heavy atom. The van der Waals surface area contributed by atoms with E-state index in [-0.39, 0.29) is 414 Å². The number of hydrogen-bond acceptors (Lipinski definition) is 56. The van der Waals surface area contributed by atoms with E-state index in [2.05, 4.69) is 31.7 Å². The minimum Gasteiger partial charge on any atom is -0.790 e. The van der Waals surface area contributed by atoms with Gasteiger partial charge in [0.1, 0.15) is 171 Å². The molecule has 14 N–H and O–H groups in total. The van der Waals surface area contributed by atoms with Gasteiger partial charge in [-0.2, -0.15) is 0 Å². The Labute approximate surface area is 982 Å². The summed E-state index contributed by atoms with van der Waals surface area (Å²) in [5, 5.41) is 162. The first-order valence-corrected chi connectivity index (χ1v) is 39.8. The fourth-order valence-electron chi connectivity index (χ4n) is 11.5. The molecule has 0 aromatic rings. The van der Waals surface area contributed by atoms with E-state index in [0.29, 0.717) is 0 Å². The second-order valence-electron chi connectivity index (χ2n) is 23.6. The zero-order valence-electron chi connectivity index (χ0n) is 65.7. The van der Waals surface area contributed by atoms with E-state index in [1.165, 1.54) is 0 Å². The molecule has 14 bridgehead atoms. The van der Waals surface area contributed by atoms with Crippen molar-refractivity contribution in [1.82, 2.24) is 0 Å². The van der Waals surface area contributed by atoms with Crippen LogP contribution in [0.4, 0.5) is 0 Å². The van der Waals surface area contributed by atoms with Crippen LogP contribution in [-0.4, -0.2) is 333 Å². The number of hydrogen-bond donors (Lipinski definition) is 14. The average molecular weight is 2000 g/mol. The van der Waals surface area contributed by atoms with Crippen molar-refractivity contribution in [2.45, 2.75) is 215 Å². The molecule has 0 aromatic carbocycles. The van der Waals surface area contributed by atoms with E-state index in [9.17, 15) is 172 Å². The van der Waals surface area contributed by atoms with Crippen LogP contribution in [0.3, 0.4) is 0 Å². The number of rotatable bonds is 21. The van der Waals surface area contributed by atoms with Gasteiger partial charge in [-0.15, -0.1) is 0 Å². The van der Waals surface area contributed by atoms with Crippen LogP contribution in [0.15, 0.2) is 0 Å². The quantitative estimate of drug-likeness (QED) is 0.0375. The van der Waals surface area contributed by atoms with Crippen molar-refractivity contribution in [3.05, 3.63) is 0 Å². The standard InChI is InChI=1S/C42H77O56P7.14Na/c43-15-22(50)36-85-8(1-78-99(57,58)59)29(15)92-37-23(51)16(44)31(10(86-37)3-80-101(63,64)65)94-39-25(53)18(46)33(12(88-39)5-82-103(69,70)71)96-41-27(55)20(48)35(14(90-41)7-84-105(75,76)77)98-42-28(56)21(49)34(13(91-42)6-83-104(72,73)74)97-40-26(54)19(47)32(11(89-40)4-81-102(66,67)68)95-38-24(52)17(45)30(93-36)9(87-38)2-79-100(60,61)62;;;;;;;;;;;;;;/h8-56H,1-7H2,(H2,57,58,59)(H2,60,61,62)(H2,63,64,65)(H2,66,67,68)(H2,69,70,71)(H2,72,73,74)(H2,75,76,77);;;;;;;;;;;;;;/q;14*+1/p-14/t8-,9-,10-,11-,12-,13-,14-,15-,16-,17-,18-,19-,20-,21-,22-,23-,24-,25-,26-,27-,28-,29-,30-,31-,32-,33-,34-,35-,36-,37-,38-,39-,40-,41-,42-;;;;;;;;;;;;;;/m1............../s1. The number of ether oxygens (including phenoxy) is 14. The fourth-order valence-corrected chi connectivity index (χ4v) is 13.8. The Balaban J connectivity index is -0.00000179. The van der Waals surface area contributed by atoms with Crippen molar-refractivity contribution in [1.29, 1.82) is 0 Å². The normalized spacial score (nSPS) is 39.6. The Kier molecular flexibility index (Phi) is 77.3. The molecule has 616 valence electrons. The Morgan fingerprint density at radius 2 is 0.252 bits per heavy atom. The van der Waals surface area contributed by atoms with Crippen LogP contribution in [0.2, 0.25) is 0 Å². The molecule has 0 aliphatic carbocycles. The predicted octanol–water partition coefficient (Wildman–Crippen LogP) is -65.2. The second-order valence-corrected chi connectivity index (χ2v) is 31.6. The first kappa shape index (κ1) is 146. The molecule has 119 heavy (non-hydrogen) atoms. The molecule has 0 spiro atoms. The molecule has 21 aliphatic rings. The number of aliphatic hydroxyl groups excluding tert-OH is 14. The summed E-state index contributed by atoms with van der Waals surface area (Å²) in [5.74, 6) is 0. The van der Waals surface area contributed by atoms with Gasteiger partial charge in [0.05, 0.1) is 101 Å². The molecule has 0 amide bonds. The Bertz CT molecular complexity index is 2650. The van der Waals surface area contributed by atoms with Gasteiger partial charge in [0, 0.05) is 0 Å². The Hall–Kier alpha value is 13.6. The van der Waals surface area contributed by atoms with Gasteiger partial charge in [-0.05, 0) is 0 Å². The third-order valence-corrected chi connectivity index (χ3v) is 19.6. The van der Waals surface area contributed by atoms with Crippen LogP contribution in [-0.2, 0) is 130 Å². The van der Waals surface area contributed by atoms with Crippen molar-refractivity contribution in [3.8, 4) is 0 Å². The average Bonchev–Trinajstić information content (AvgIpc) is 0.838. The monoisotopic (exact) mass is 2000 g/mol. The van der Waals surface area contributed by atoms with Gasteiger partial charge in [-0.25, -0.2) is 0 Å². The van der Waals surface area contributed by atoms with Gasteiger partial charge < -0.3 is 270 Å². The van der Waals surface area contributed by atoms with Crippen LogP contribution < -0.4 is 482 Å². The van der Waals surface area contributed by atoms with Crippen LogP contribution in [0.25, 0.3) is 0 Å². The molecule has 21 saturated heterocycles. The summed E-state index contributed by atoms with van der Waals surface area (Å²) < 4.78 is 190. The van der Waals surface area contributed by atoms with Gasteiger partial charge in [0.15, 0.2) is 44.0 Å². The molecule has 77 heteroatoms. The summed E-state index contributed by atoms with van der Waals surface area (Å²) in [6.07, 6.45) is -94.9. The summed E-state index contributed by atoms with van der Waals surface area (Å²) in [5.41, 5.74) is 0. The van der Waals surface area contributed by atoms with Gasteiger partial charge in [-0.3, -0.25) is 0 Å².